The van der Waals surface area contributed by atoms with Crippen LogP contribution in [0.15, 0.2) is 18.3 Å². The van der Waals surface area contributed by atoms with Crippen molar-refractivity contribution < 1.29 is 4.92 Å². The summed E-state index contributed by atoms with van der Waals surface area (Å²) < 4.78 is 0. The number of rotatable bonds is 5. The number of hydrogen-bond acceptors (Lipinski definition) is 6. The highest BCUT2D eigenvalue weighted by molar-refractivity contribution is 7.99. The Hall–Kier alpha value is -1.34. The van der Waals surface area contributed by atoms with Crippen LogP contribution in [0.4, 0.5) is 11.5 Å². The Kier molecular flexibility index (Phi) is 5.38. The van der Waals surface area contributed by atoms with Crippen LogP contribution in [0.2, 0.25) is 0 Å². The molecule has 1 aromatic heterocycles. The number of hydrogen-bond donors (Lipinski definition) is 1. The van der Waals surface area contributed by atoms with Gasteiger partial charge in [0.15, 0.2) is 0 Å². The number of nitro groups is 1. The van der Waals surface area contributed by atoms with Crippen molar-refractivity contribution in [2.24, 2.45) is 0 Å². The zero-order chi connectivity index (χ0) is 16.1. The molecule has 0 radical (unpaired) electrons. The van der Waals surface area contributed by atoms with E-state index in [-0.39, 0.29) is 16.1 Å². The number of nitrogens with one attached hydrogen (secondary N) is 1. The summed E-state index contributed by atoms with van der Waals surface area (Å²) in [5.74, 6) is 2.77. The summed E-state index contributed by atoms with van der Waals surface area (Å²) in [6, 6.07) is 3.13. The van der Waals surface area contributed by atoms with E-state index in [2.05, 4.69) is 15.2 Å². The lowest BCUT2D eigenvalue weighted by atomic mass is 9.80. The number of anilines is 1. The first kappa shape index (κ1) is 16.5. The van der Waals surface area contributed by atoms with E-state index in [1.807, 2.05) is 11.8 Å². The molecular weight excluding hydrogens is 312 g/mol. The van der Waals surface area contributed by atoms with E-state index < -0.39 is 0 Å². The van der Waals surface area contributed by atoms with E-state index in [9.17, 15) is 10.1 Å². The van der Waals surface area contributed by atoms with E-state index in [0.717, 1.165) is 19.6 Å². The topological polar surface area (TPSA) is 71.3 Å². The monoisotopic (exact) mass is 336 g/mol. The molecule has 3 rings (SSSR count). The molecule has 0 atom stereocenters. The molecule has 2 fully saturated rings. The van der Waals surface area contributed by atoms with Gasteiger partial charge < -0.3 is 5.32 Å². The fourth-order valence-electron chi connectivity index (χ4n) is 3.78. The van der Waals surface area contributed by atoms with Gasteiger partial charge in [0.05, 0.1) is 4.92 Å². The van der Waals surface area contributed by atoms with Crippen molar-refractivity contribution in [1.29, 1.82) is 0 Å². The minimum atomic E-state index is -0.361. The molecule has 1 aliphatic heterocycles. The molecule has 0 bridgehead atoms. The molecule has 6 nitrogen and oxygen atoms in total. The van der Waals surface area contributed by atoms with Crippen LogP contribution in [0.5, 0.6) is 0 Å². The summed E-state index contributed by atoms with van der Waals surface area (Å²) in [5, 5.41) is 14.5. The molecule has 1 saturated heterocycles. The third-order valence-corrected chi connectivity index (χ3v) is 5.98. The van der Waals surface area contributed by atoms with Crippen molar-refractivity contribution in [2.45, 2.75) is 37.6 Å². The fraction of sp³-hybridized carbons (Fsp3) is 0.688. The Labute approximate surface area is 141 Å². The molecule has 2 aliphatic rings. The first-order chi connectivity index (χ1) is 11.2. The summed E-state index contributed by atoms with van der Waals surface area (Å²) in [5.41, 5.74) is 0.192. The molecule has 1 N–H and O–H groups in total. The first-order valence-electron chi connectivity index (χ1n) is 8.37. The molecular formula is C16H24N4O2S. The summed E-state index contributed by atoms with van der Waals surface area (Å²) in [7, 11) is 0. The lowest BCUT2D eigenvalue weighted by Crippen LogP contribution is -2.57. The van der Waals surface area contributed by atoms with Gasteiger partial charge in [0.2, 0.25) is 5.82 Å². The highest BCUT2D eigenvalue weighted by Crippen LogP contribution is 2.36. The highest BCUT2D eigenvalue weighted by Gasteiger charge is 2.38. The molecule has 0 unspecified atom stereocenters. The smallest absolute Gasteiger partial charge is 0.311 e. The van der Waals surface area contributed by atoms with E-state index in [4.69, 9.17) is 0 Å². The van der Waals surface area contributed by atoms with Crippen molar-refractivity contribution in [1.82, 2.24) is 9.88 Å². The maximum Gasteiger partial charge on any atom is 0.311 e. The zero-order valence-corrected chi connectivity index (χ0v) is 14.2. The van der Waals surface area contributed by atoms with Crippen LogP contribution in [0, 0.1) is 10.1 Å². The average molecular weight is 336 g/mol. The number of aromatic nitrogens is 1. The van der Waals surface area contributed by atoms with E-state index in [1.165, 1.54) is 49.7 Å². The van der Waals surface area contributed by atoms with Crippen molar-refractivity contribution in [3.63, 3.8) is 0 Å². The Balaban J connectivity index is 1.75. The lowest BCUT2D eigenvalue weighted by Gasteiger charge is -2.48. The number of nitrogens with zero attached hydrogens (tertiary/aromatic N) is 3. The normalized spacial score (nSPS) is 21.7. The van der Waals surface area contributed by atoms with Crippen LogP contribution in [0.1, 0.15) is 32.1 Å². The Morgan fingerprint density at radius 2 is 2.04 bits per heavy atom. The van der Waals surface area contributed by atoms with E-state index >= 15 is 0 Å². The number of thioether (sulfide) groups is 1. The van der Waals surface area contributed by atoms with Crippen molar-refractivity contribution in [3.05, 3.63) is 28.4 Å². The first-order valence-corrected chi connectivity index (χ1v) is 9.53. The van der Waals surface area contributed by atoms with E-state index in [0.29, 0.717) is 5.82 Å². The second kappa shape index (κ2) is 7.49. The molecule has 0 spiro atoms. The summed E-state index contributed by atoms with van der Waals surface area (Å²) in [6.07, 6.45) is 7.75. The molecule has 7 heteroatoms. The SMILES string of the molecule is O=[N+]([O-])c1cccnc1NCC1(N2CCSCC2)CCCCC1. The summed E-state index contributed by atoms with van der Waals surface area (Å²) >= 11 is 2.02. The van der Waals surface area contributed by atoms with Gasteiger partial charge in [-0.3, -0.25) is 15.0 Å². The lowest BCUT2D eigenvalue weighted by molar-refractivity contribution is -0.384. The van der Waals surface area contributed by atoms with Gasteiger partial charge in [-0.1, -0.05) is 19.3 Å². The summed E-state index contributed by atoms with van der Waals surface area (Å²) in [4.78, 5) is 17.6. The minimum Gasteiger partial charge on any atom is -0.362 e. The van der Waals surface area contributed by atoms with Crippen LogP contribution < -0.4 is 5.32 Å². The standard InChI is InChI=1S/C16H24N4O2S/c21-20(22)14-5-4-8-17-15(14)18-13-16(6-2-1-3-7-16)19-9-11-23-12-10-19/h4-5,8H,1-3,6-7,9-13H2,(H,17,18). The largest absolute Gasteiger partial charge is 0.362 e. The van der Waals surface area contributed by atoms with Gasteiger partial charge in [0.1, 0.15) is 0 Å². The van der Waals surface area contributed by atoms with Gasteiger partial charge in [-0.15, -0.1) is 0 Å². The molecule has 2 heterocycles. The van der Waals surface area contributed by atoms with Crippen LogP contribution in [-0.2, 0) is 0 Å². The maximum absolute atomic E-state index is 11.2. The van der Waals surface area contributed by atoms with Gasteiger partial charge in [-0.25, -0.2) is 4.98 Å². The van der Waals surface area contributed by atoms with Crippen LogP contribution in [0.25, 0.3) is 0 Å². The van der Waals surface area contributed by atoms with Crippen molar-refractivity contribution in [3.8, 4) is 0 Å². The Morgan fingerprint density at radius 1 is 1.30 bits per heavy atom. The van der Waals surface area contributed by atoms with Crippen LogP contribution in [-0.4, -0.2) is 51.5 Å². The van der Waals surface area contributed by atoms with Crippen LogP contribution in [0.3, 0.4) is 0 Å². The van der Waals surface area contributed by atoms with Crippen LogP contribution >= 0.6 is 11.8 Å². The minimum absolute atomic E-state index is 0.0626. The van der Waals surface area contributed by atoms with Crippen molar-refractivity contribution >= 4 is 23.3 Å². The zero-order valence-electron chi connectivity index (χ0n) is 13.4. The second-order valence-electron chi connectivity index (χ2n) is 6.37. The molecule has 1 aromatic rings. The van der Waals surface area contributed by atoms with Gasteiger partial charge >= 0.3 is 5.69 Å². The predicted molar refractivity (Wildman–Crippen MR) is 94.1 cm³/mol. The predicted octanol–water partition coefficient (Wildman–Crippen LogP) is 3.15. The highest BCUT2D eigenvalue weighted by atomic mass is 32.2. The van der Waals surface area contributed by atoms with E-state index in [1.54, 1.807) is 12.3 Å². The molecule has 1 aliphatic carbocycles. The Morgan fingerprint density at radius 3 is 2.74 bits per heavy atom. The molecule has 0 aromatic carbocycles. The number of pyridine rings is 1. The Bertz CT molecular complexity index is 543. The quantitative estimate of drug-likeness (QED) is 0.658. The second-order valence-corrected chi connectivity index (χ2v) is 7.59. The van der Waals surface area contributed by atoms with Crippen molar-refractivity contribution in [2.75, 3.05) is 36.5 Å². The maximum atomic E-state index is 11.2. The molecule has 23 heavy (non-hydrogen) atoms. The molecule has 1 saturated carbocycles. The third kappa shape index (κ3) is 3.77. The van der Waals surface area contributed by atoms with Gasteiger partial charge in [0, 0.05) is 48.9 Å². The third-order valence-electron chi connectivity index (χ3n) is 5.03. The van der Waals surface area contributed by atoms with Gasteiger partial charge in [-0.2, -0.15) is 11.8 Å². The average Bonchev–Trinajstić information content (AvgIpc) is 2.62. The fourth-order valence-corrected chi connectivity index (χ4v) is 4.68. The molecule has 126 valence electrons. The van der Waals surface area contributed by atoms with Gasteiger partial charge in [-0.05, 0) is 18.9 Å². The molecule has 0 amide bonds. The van der Waals surface area contributed by atoms with Gasteiger partial charge in [0.25, 0.3) is 0 Å². The summed E-state index contributed by atoms with van der Waals surface area (Å²) in [6.45, 7) is 2.99.